The second kappa shape index (κ2) is 23.2. The van der Waals surface area contributed by atoms with Crippen LogP contribution in [-0.4, -0.2) is 25.9 Å². The maximum atomic E-state index is 7.14. The fourth-order valence-corrected chi connectivity index (χ4v) is 6.74. The van der Waals surface area contributed by atoms with E-state index in [-0.39, 0.29) is 6.10 Å². The van der Waals surface area contributed by atoms with Gasteiger partial charge in [0.15, 0.2) is 0 Å². The third kappa shape index (κ3) is 13.5. The van der Waals surface area contributed by atoms with Crippen LogP contribution in [0.15, 0.2) is 121 Å². The quantitative estimate of drug-likeness (QED) is 0.0495. The van der Waals surface area contributed by atoms with E-state index in [1.807, 2.05) is 6.07 Å². The van der Waals surface area contributed by atoms with Crippen LogP contribution in [0.25, 0.3) is 0 Å². The first-order chi connectivity index (χ1) is 24.2. The summed E-state index contributed by atoms with van der Waals surface area (Å²) in [6, 6.07) is 42.0. The summed E-state index contributed by atoms with van der Waals surface area (Å²) in [6.45, 7) is 6.74. The number of hydrogen-bond acceptors (Lipinski definition) is 3. The van der Waals surface area contributed by atoms with Gasteiger partial charge < -0.3 is 14.2 Å². The molecule has 4 aromatic carbocycles. The van der Waals surface area contributed by atoms with Crippen molar-refractivity contribution in [3.8, 4) is 0 Å². The zero-order chi connectivity index (χ0) is 34.2. The Bertz CT molecular complexity index is 1250. The fraction of sp³-hybridized carbons (Fsp3) is 0.478. The van der Waals surface area contributed by atoms with Gasteiger partial charge in [-0.3, -0.25) is 0 Å². The van der Waals surface area contributed by atoms with E-state index in [0.29, 0.717) is 25.7 Å². The van der Waals surface area contributed by atoms with Crippen molar-refractivity contribution in [1.29, 1.82) is 0 Å². The van der Waals surface area contributed by atoms with Crippen molar-refractivity contribution in [2.45, 2.75) is 116 Å². The molecular weight excluding hydrogens is 601 g/mol. The first-order valence-corrected chi connectivity index (χ1v) is 19.3. The van der Waals surface area contributed by atoms with Crippen LogP contribution in [0.5, 0.6) is 0 Å². The van der Waals surface area contributed by atoms with E-state index in [9.17, 15) is 0 Å². The van der Waals surface area contributed by atoms with Gasteiger partial charge in [0.2, 0.25) is 0 Å². The monoisotopic (exact) mass is 662 g/mol. The average molecular weight is 663 g/mol. The summed E-state index contributed by atoms with van der Waals surface area (Å²) < 4.78 is 20.1. The number of rotatable bonds is 26. The smallest absolute Gasteiger partial charge is 0.143 e. The molecule has 2 atom stereocenters. The van der Waals surface area contributed by atoms with E-state index >= 15 is 0 Å². The van der Waals surface area contributed by atoms with Crippen LogP contribution in [0.2, 0.25) is 0 Å². The first kappa shape index (κ1) is 38.6. The molecule has 1 unspecified atom stereocenters. The lowest BCUT2D eigenvalue weighted by molar-refractivity contribution is -0.0990. The van der Waals surface area contributed by atoms with Crippen molar-refractivity contribution in [1.82, 2.24) is 0 Å². The molecular formula is C46H62O3. The number of hydrogen-bond donors (Lipinski definition) is 0. The number of benzene rings is 4. The minimum absolute atomic E-state index is 0.227. The van der Waals surface area contributed by atoms with Crippen LogP contribution in [0.1, 0.15) is 120 Å². The van der Waals surface area contributed by atoms with Crippen LogP contribution < -0.4 is 0 Å². The number of ether oxygens (including phenoxy) is 3. The lowest BCUT2D eigenvalue weighted by Gasteiger charge is -2.37. The molecule has 0 bridgehead atoms. The van der Waals surface area contributed by atoms with Crippen molar-refractivity contribution >= 4 is 0 Å². The number of unbranched alkanes of at least 4 members (excludes halogenated alkanes) is 11. The lowest BCUT2D eigenvalue weighted by Crippen LogP contribution is -2.37. The SMILES string of the molecule is CCCCCCCCCCCCCCC(C)COC[C@H](COC(c1ccccc1)(c1ccccc1)c1ccccc1)OCc1ccccc1. The predicted octanol–water partition coefficient (Wildman–Crippen LogP) is 12.3. The highest BCUT2D eigenvalue weighted by Gasteiger charge is 2.38. The second-order valence-corrected chi connectivity index (χ2v) is 13.8. The normalized spacial score (nSPS) is 12.9. The molecule has 3 nitrogen and oxygen atoms in total. The Morgan fingerprint density at radius 1 is 0.490 bits per heavy atom. The Balaban J connectivity index is 1.32. The van der Waals surface area contributed by atoms with E-state index in [4.69, 9.17) is 14.2 Å². The van der Waals surface area contributed by atoms with Gasteiger partial charge in [-0.1, -0.05) is 212 Å². The Morgan fingerprint density at radius 2 is 0.918 bits per heavy atom. The highest BCUT2D eigenvalue weighted by atomic mass is 16.6. The molecule has 4 rings (SSSR count). The Morgan fingerprint density at radius 3 is 1.39 bits per heavy atom. The molecule has 0 saturated heterocycles. The maximum absolute atomic E-state index is 7.14. The average Bonchev–Trinajstić information content (AvgIpc) is 3.16. The molecule has 0 heterocycles. The summed E-state index contributed by atoms with van der Waals surface area (Å²) in [7, 11) is 0. The van der Waals surface area contributed by atoms with Crippen molar-refractivity contribution in [2.24, 2.45) is 5.92 Å². The minimum atomic E-state index is -0.792. The maximum Gasteiger partial charge on any atom is 0.143 e. The standard InChI is InChI=1S/C46H62O3/c1-3-4-5-6-7-8-9-10-11-12-13-18-27-40(2)36-47-38-45(48-37-41-28-19-14-20-29-41)39-49-46(42-30-21-15-22-31-42,43-32-23-16-24-33-43)44-34-25-17-26-35-44/h14-17,19-26,28-35,40,45H,3-13,18,27,36-39H2,1-2H3/t40?,45-/m1/s1. The van der Waals surface area contributed by atoms with E-state index in [1.54, 1.807) is 0 Å². The minimum Gasteiger partial charge on any atom is -0.378 e. The molecule has 0 N–H and O–H groups in total. The van der Waals surface area contributed by atoms with Crippen LogP contribution in [0.3, 0.4) is 0 Å². The summed E-state index contributed by atoms with van der Waals surface area (Å²) >= 11 is 0. The fourth-order valence-electron chi connectivity index (χ4n) is 6.74. The molecule has 0 aromatic heterocycles. The summed E-state index contributed by atoms with van der Waals surface area (Å²) in [6.07, 6.45) is 17.6. The van der Waals surface area contributed by atoms with Crippen molar-refractivity contribution in [3.05, 3.63) is 144 Å². The highest BCUT2D eigenvalue weighted by molar-refractivity contribution is 5.47. The van der Waals surface area contributed by atoms with E-state index in [1.165, 1.54) is 83.5 Å². The molecule has 0 amide bonds. The zero-order valence-electron chi connectivity index (χ0n) is 30.4. The molecule has 49 heavy (non-hydrogen) atoms. The third-order valence-electron chi connectivity index (χ3n) is 9.61. The molecule has 0 aliphatic heterocycles. The Hall–Kier alpha value is -3.24. The molecule has 0 saturated carbocycles. The topological polar surface area (TPSA) is 27.7 Å². The van der Waals surface area contributed by atoms with Crippen molar-refractivity contribution < 1.29 is 14.2 Å². The van der Waals surface area contributed by atoms with Gasteiger partial charge in [0.1, 0.15) is 11.7 Å². The molecule has 3 heteroatoms. The van der Waals surface area contributed by atoms with Crippen molar-refractivity contribution in [3.63, 3.8) is 0 Å². The Labute approximate surface area is 298 Å². The van der Waals surface area contributed by atoms with Gasteiger partial charge in [-0.05, 0) is 34.6 Å². The predicted molar refractivity (Wildman–Crippen MR) is 206 cm³/mol. The largest absolute Gasteiger partial charge is 0.378 e. The summed E-state index contributed by atoms with van der Waals surface area (Å²) in [5, 5.41) is 0. The third-order valence-corrected chi connectivity index (χ3v) is 9.61. The van der Waals surface area contributed by atoms with Gasteiger partial charge >= 0.3 is 0 Å². The van der Waals surface area contributed by atoms with Crippen LogP contribution in [0, 0.1) is 5.92 Å². The molecule has 0 aliphatic carbocycles. The molecule has 0 spiro atoms. The highest BCUT2D eigenvalue weighted by Crippen LogP contribution is 2.40. The van der Waals surface area contributed by atoms with Crippen LogP contribution >= 0.6 is 0 Å². The molecule has 0 aliphatic rings. The van der Waals surface area contributed by atoms with Crippen LogP contribution in [0.4, 0.5) is 0 Å². The summed E-state index contributed by atoms with van der Waals surface area (Å²) in [4.78, 5) is 0. The van der Waals surface area contributed by atoms with Gasteiger partial charge in [-0.25, -0.2) is 0 Å². The molecule has 0 radical (unpaired) electrons. The molecule has 4 aromatic rings. The summed E-state index contributed by atoms with van der Waals surface area (Å²) in [5.74, 6) is 0.524. The zero-order valence-corrected chi connectivity index (χ0v) is 30.4. The first-order valence-electron chi connectivity index (χ1n) is 19.3. The molecule has 264 valence electrons. The molecule has 0 fully saturated rings. The van der Waals surface area contributed by atoms with E-state index in [2.05, 4.69) is 129 Å². The van der Waals surface area contributed by atoms with E-state index in [0.717, 1.165) is 28.9 Å². The van der Waals surface area contributed by atoms with Crippen LogP contribution in [-0.2, 0) is 26.4 Å². The van der Waals surface area contributed by atoms with E-state index < -0.39 is 5.60 Å². The van der Waals surface area contributed by atoms with Gasteiger partial charge in [0.25, 0.3) is 0 Å². The van der Waals surface area contributed by atoms with Gasteiger partial charge in [-0.2, -0.15) is 0 Å². The Kier molecular flexibility index (Phi) is 18.3. The van der Waals surface area contributed by atoms with Gasteiger partial charge in [0, 0.05) is 6.61 Å². The second-order valence-electron chi connectivity index (χ2n) is 13.8. The summed E-state index contributed by atoms with van der Waals surface area (Å²) in [5.41, 5.74) is 3.62. The van der Waals surface area contributed by atoms with Crippen molar-refractivity contribution in [2.75, 3.05) is 19.8 Å². The van der Waals surface area contributed by atoms with Gasteiger partial charge in [0.05, 0.1) is 19.8 Å². The lowest BCUT2D eigenvalue weighted by atomic mass is 9.80. The van der Waals surface area contributed by atoms with Gasteiger partial charge in [-0.15, -0.1) is 0 Å².